The van der Waals surface area contributed by atoms with E-state index in [1.54, 1.807) is 25.1 Å². The molecule has 0 aliphatic rings. The second-order valence-electron chi connectivity index (χ2n) is 6.91. The summed E-state index contributed by atoms with van der Waals surface area (Å²) in [6.45, 7) is 2.16. The van der Waals surface area contributed by atoms with Crippen molar-refractivity contribution in [3.63, 3.8) is 0 Å². The Balaban J connectivity index is 1.88. The van der Waals surface area contributed by atoms with E-state index in [0.29, 0.717) is 29.9 Å². The summed E-state index contributed by atoms with van der Waals surface area (Å²) in [5.41, 5.74) is 1.49. The molecule has 164 valence electrons. The lowest BCUT2D eigenvalue weighted by molar-refractivity contribution is -0.144. The molecular weight excluding hydrogens is 427 g/mol. The largest absolute Gasteiger partial charge is 0.488 e. The average molecular weight is 449 g/mol. The van der Waals surface area contributed by atoms with Gasteiger partial charge >= 0.3 is 11.6 Å². The lowest BCUT2D eigenvalue weighted by Crippen LogP contribution is -2.11. The van der Waals surface area contributed by atoms with Crippen molar-refractivity contribution in [2.75, 3.05) is 20.3 Å². The highest BCUT2D eigenvalue weighted by Gasteiger charge is 2.15. The van der Waals surface area contributed by atoms with Crippen molar-refractivity contribution in [1.29, 1.82) is 0 Å². The standard InChI is InChI=1S/C23H22ClFO6/c1-14-10-23(27)31-21-12-20(30-13-17-18(24)4-3-5-19(17)25)15(11-16(14)21)6-7-22(26)29-9-8-28-2/h3-5,10-12H,6-9,13H2,1-2H3. The molecule has 0 fully saturated rings. The number of hydrogen-bond donors (Lipinski definition) is 0. The number of carbonyl (C=O) groups is 1. The molecule has 8 heteroatoms. The molecule has 0 saturated heterocycles. The minimum Gasteiger partial charge on any atom is -0.488 e. The SMILES string of the molecule is COCCOC(=O)CCc1cc2c(C)cc(=O)oc2cc1OCc1c(F)cccc1Cl. The van der Waals surface area contributed by atoms with Crippen LogP contribution in [0.4, 0.5) is 4.39 Å². The third-order valence-corrected chi connectivity index (χ3v) is 5.07. The van der Waals surface area contributed by atoms with Crippen LogP contribution < -0.4 is 10.4 Å². The Morgan fingerprint density at radius 3 is 2.74 bits per heavy atom. The smallest absolute Gasteiger partial charge is 0.336 e. The summed E-state index contributed by atoms with van der Waals surface area (Å²) in [5, 5.41) is 0.963. The maximum absolute atomic E-state index is 14.1. The van der Waals surface area contributed by atoms with Crippen LogP contribution in [0.2, 0.25) is 5.02 Å². The molecule has 2 aromatic carbocycles. The number of fused-ring (bicyclic) bond motifs is 1. The number of hydrogen-bond acceptors (Lipinski definition) is 6. The predicted molar refractivity (Wildman–Crippen MR) is 114 cm³/mol. The summed E-state index contributed by atoms with van der Waals surface area (Å²) in [6.07, 6.45) is 0.433. The zero-order chi connectivity index (χ0) is 22.4. The predicted octanol–water partition coefficient (Wildman–Crippen LogP) is 4.60. The summed E-state index contributed by atoms with van der Waals surface area (Å²) in [5.74, 6) is -0.499. The molecule has 0 atom stereocenters. The molecule has 0 bridgehead atoms. The third-order valence-electron chi connectivity index (χ3n) is 4.72. The summed E-state index contributed by atoms with van der Waals surface area (Å²) >= 11 is 6.08. The van der Waals surface area contributed by atoms with Gasteiger partial charge in [0.2, 0.25) is 0 Å². The Bertz CT molecular complexity index is 1120. The van der Waals surface area contributed by atoms with Crippen LogP contribution >= 0.6 is 11.6 Å². The van der Waals surface area contributed by atoms with E-state index in [1.807, 2.05) is 0 Å². The molecule has 0 aliphatic carbocycles. The summed E-state index contributed by atoms with van der Waals surface area (Å²) in [7, 11) is 1.52. The topological polar surface area (TPSA) is 75.0 Å². The van der Waals surface area contributed by atoms with Gasteiger partial charge in [0.1, 0.15) is 30.4 Å². The first-order valence-corrected chi connectivity index (χ1v) is 10.0. The quantitative estimate of drug-likeness (QED) is 0.270. The van der Waals surface area contributed by atoms with Crippen molar-refractivity contribution >= 4 is 28.5 Å². The third kappa shape index (κ3) is 5.83. The van der Waals surface area contributed by atoms with E-state index in [2.05, 4.69) is 0 Å². The van der Waals surface area contributed by atoms with Crippen LogP contribution in [0.15, 0.2) is 45.6 Å². The highest BCUT2D eigenvalue weighted by Crippen LogP contribution is 2.30. The molecule has 0 radical (unpaired) electrons. The minimum atomic E-state index is -0.487. The number of methoxy groups -OCH3 is 1. The van der Waals surface area contributed by atoms with Crippen LogP contribution in [-0.4, -0.2) is 26.3 Å². The Kier molecular flexibility index (Phi) is 7.65. The van der Waals surface area contributed by atoms with E-state index < -0.39 is 11.4 Å². The van der Waals surface area contributed by atoms with Crippen molar-refractivity contribution in [3.05, 3.63) is 74.3 Å². The zero-order valence-corrected chi connectivity index (χ0v) is 18.0. The first-order valence-electron chi connectivity index (χ1n) is 9.66. The lowest BCUT2D eigenvalue weighted by atomic mass is 10.0. The van der Waals surface area contributed by atoms with Crippen molar-refractivity contribution in [2.45, 2.75) is 26.4 Å². The minimum absolute atomic E-state index is 0.113. The number of benzene rings is 2. The van der Waals surface area contributed by atoms with Gasteiger partial charge < -0.3 is 18.6 Å². The molecule has 0 amide bonds. The Labute approximate surface area is 183 Å². The van der Waals surface area contributed by atoms with Gasteiger partial charge in [-0.25, -0.2) is 9.18 Å². The highest BCUT2D eigenvalue weighted by atomic mass is 35.5. The molecule has 0 unspecified atom stereocenters. The molecule has 0 spiro atoms. The van der Waals surface area contributed by atoms with Gasteiger partial charge in [-0.2, -0.15) is 0 Å². The van der Waals surface area contributed by atoms with E-state index in [1.165, 1.54) is 25.3 Å². The Hall–Kier alpha value is -2.90. The van der Waals surface area contributed by atoms with Gasteiger partial charge in [0, 0.05) is 36.6 Å². The number of rotatable bonds is 9. The summed E-state index contributed by atoms with van der Waals surface area (Å²) < 4.78 is 35.2. The zero-order valence-electron chi connectivity index (χ0n) is 17.2. The number of carbonyl (C=O) groups excluding carboxylic acids is 1. The van der Waals surface area contributed by atoms with Gasteiger partial charge in [0.15, 0.2) is 0 Å². The number of ether oxygens (including phenoxy) is 3. The number of esters is 1. The average Bonchev–Trinajstić information content (AvgIpc) is 2.72. The second-order valence-corrected chi connectivity index (χ2v) is 7.31. The summed E-state index contributed by atoms with van der Waals surface area (Å²) in [4.78, 5) is 23.8. The molecular formula is C23H22ClFO6. The molecule has 31 heavy (non-hydrogen) atoms. The maximum atomic E-state index is 14.1. The highest BCUT2D eigenvalue weighted by molar-refractivity contribution is 6.31. The molecule has 1 aromatic heterocycles. The van der Waals surface area contributed by atoms with Gasteiger partial charge in [-0.15, -0.1) is 0 Å². The Morgan fingerprint density at radius 2 is 2.00 bits per heavy atom. The van der Waals surface area contributed by atoms with Crippen molar-refractivity contribution in [1.82, 2.24) is 0 Å². The first kappa shape index (κ1) is 22.8. The van der Waals surface area contributed by atoms with Gasteiger partial charge in [0.25, 0.3) is 0 Å². The number of halogens is 2. The van der Waals surface area contributed by atoms with E-state index in [-0.39, 0.29) is 36.2 Å². The molecule has 6 nitrogen and oxygen atoms in total. The maximum Gasteiger partial charge on any atom is 0.336 e. The van der Waals surface area contributed by atoms with Crippen LogP contribution in [0.25, 0.3) is 11.0 Å². The Morgan fingerprint density at radius 1 is 1.19 bits per heavy atom. The van der Waals surface area contributed by atoms with Crippen molar-refractivity contribution < 1.29 is 27.8 Å². The molecule has 1 heterocycles. The van der Waals surface area contributed by atoms with Crippen LogP contribution in [0.3, 0.4) is 0 Å². The number of aryl methyl sites for hydroxylation is 2. The van der Waals surface area contributed by atoms with Crippen LogP contribution in [0.5, 0.6) is 5.75 Å². The van der Waals surface area contributed by atoms with Gasteiger partial charge in [0.05, 0.1) is 11.6 Å². The fraction of sp³-hybridized carbons (Fsp3) is 0.304. The summed E-state index contributed by atoms with van der Waals surface area (Å²) in [6, 6.07) is 9.14. The second kappa shape index (κ2) is 10.4. The van der Waals surface area contributed by atoms with E-state index in [9.17, 15) is 14.0 Å². The fourth-order valence-electron chi connectivity index (χ4n) is 3.09. The van der Waals surface area contributed by atoms with Crippen molar-refractivity contribution in [2.24, 2.45) is 0 Å². The van der Waals surface area contributed by atoms with Crippen LogP contribution in [0.1, 0.15) is 23.1 Å². The fourth-order valence-corrected chi connectivity index (χ4v) is 3.31. The van der Waals surface area contributed by atoms with Crippen LogP contribution in [-0.2, 0) is 27.3 Å². The lowest BCUT2D eigenvalue weighted by Gasteiger charge is -2.14. The van der Waals surface area contributed by atoms with Gasteiger partial charge in [-0.05, 0) is 42.7 Å². The molecule has 0 aliphatic heterocycles. The normalized spacial score (nSPS) is 11.0. The van der Waals surface area contributed by atoms with Gasteiger partial charge in [-0.1, -0.05) is 17.7 Å². The van der Waals surface area contributed by atoms with Gasteiger partial charge in [-0.3, -0.25) is 4.79 Å². The molecule has 0 N–H and O–H groups in total. The molecule has 3 rings (SSSR count). The molecule has 0 saturated carbocycles. The van der Waals surface area contributed by atoms with E-state index >= 15 is 0 Å². The van der Waals surface area contributed by atoms with E-state index in [0.717, 1.165) is 10.9 Å². The first-order chi connectivity index (χ1) is 14.9. The molecule has 3 aromatic rings. The monoisotopic (exact) mass is 448 g/mol. The van der Waals surface area contributed by atoms with E-state index in [4.69, 9.17) is 30.2 Å². The van der Waals surface area contributed by atoms with Crippen LogP contribution in [0, 0.1) is 12.7 Å². The van der Waals surface area contributed by atoms with Crippen molar-refractivity contribution in [3.8, 4) is 5.75 Å².